The number of aromatic nitrogens is 2. The number of nitrogens with two attached hydrogens (primary N) is 1. The van der Waals surface area contributed by atoms with Crippen LogP contribution < -0.4 is 5.73 Å². The van der Waals surface area contributed by atoms with Crippen LogP contribution in [0, 0.1) is 18.8 Å². The number of nitrogen functional groups attached to an aromatic ring is 1. The Hall–Kier alpha value is -1.16. The number of hydrogen-bond donors (Lipinski definition) is 1. The number of anilines is 1. The summed E-state index contributed by atoms with van der Waals surface area (Å²) in [5.41, 5.74) is 6.71. The molecule has 1 aliphatic rings. The topological polar surface area (TPSA) is 55.0 Å². The van der Waals surface area contributed by atoms with Crippen LogP contribution in [0.3, 0.4) is 0 Å². The lowest BCUT2D eigenvalue weighted by Crippen LogP contribution is -2.35. The van der Waals surface area contributed by atoms with Crippen molar-refractivity contribution >= 4 is 5.82 Å². The number of likely N-dealkylation sites (tertiary alicyclic amines) is 1. The maximum atomic E-state index is 5.76. The van der Waals surface area contributed by atoms with Crippen LogP contribution in [0.2, 0.25) is 0 Å². The summed E-state index contributed by atoms with van der Waals surface area (Å²) in [4.78, 5) is 11.2. The van der Waals surface area contributed by atoms with E-state index in [1.54, 1.807) is 0 Å². The van der Waals surface area contributed by atoms with Crippen LogP contribution in [0.25, 0.3) is 0 Å². The molecule has 0 saturated carbocycles. The van der Waals surface area contributed by atoms with Gasteiger partial charge in [-0.25, -0.2) is 9.97 Å². The smallest absolute Gasteiger partial charge is 0.144 e. The molecule has 0 atom stereocenters. The molecule has 1 saturated heterocycles. The highest BCUT2D eigenvalue weighted by Gasteiger charge is 2.22. The van der Waals surface area contributed by atoms with Crippen LogP contribution in [0.4, 0.5) is 5.82 Å². The van der Waals surface area contributed by atoms with Crippen molar-refractivity contribution in [2.75, 3.05) is 18.8 Å². The van der Waals surface area contributed by atoms with E-state index < -0.39 is 0 Å². The summed E-state index contributed by atoms with van der Waals surface area (Å²) < 4.78 is 0. The van der Waals surface area contributed by atoms with Gasteiger partial charge in [0.15, 0.2) is 0 Å². The average Bonchev–Trinajstić information content (AvgIpc) is 2.28. The first kappa shape index (κ1) is 13.3. The minimum Gasteiger partial charge on any atom is -0.384 e. The van der Waals surface area contributed by atoms with Gasteiger partial charge < -0.3 is 5.73 Å². The molecule has 0 unspecified atom stereocenters. The van der Waals surface area contributed by atoms with Gasteiger partial charge in [0.25, 0.3) is 0 Å². The van der Waals surface area contributed by atoms with Crippen LogP contribution in [0.1, 0.15) is 38.2 Å². The molecule has 4 nitrogen and oxygen atoms in total. The van der Waals surface area contributed by atoms with Gasteiger partial charge in [0.1, 0.15) is 11.6 Å². The Labute approximate surface area is 110 Å². The molecule has 1 aliphatic heterocycles. The van der Waals surface area contributed by atoms with Crippen LogP contribution in [-0.4, -0.2) is 28.0 Å². The Kier molecular flexibility index (Phi) is 4.17. The normalized spacial score (nSPS) is 18.4. The molecular formula is C14H24N4. The molecule has 18 heavy (non-hydrogen) atoms. The van der Waals surface area contributed by atoms with Crippen molar-refractivity contribution in [1.82, 2.24) is 14.9 Å². The zero-order valence-electron chi connectivity index (χ0n) is 11.7. The molecule has 2 N–H and O–H groups in total. The molecule has 0 aromatic carbocycles. The van der Waals surface area contributed by atoms with E-state index in [4.69, 9.17) is 5.73 Å². The number of piperidine rings is 1. The predicted molar refractivity (Wildman–Crippen MR) is 74.0 cm³/mol. The van der Waals surface area contributed by atoms with Gasteiger partial charge in [-0.3, -0.25) is 4.90 Å². The van der Waals surface area contributed by atoms with Gasteiger partial charge in [-0.15, -0.1) is 0 Å². The minimum atomic E-state index is 0.578. The van der Waals surface area contributed by atoms with Gasteiger partial charge in [0, 0.05) is 11.8 Å². The van der Waals surface area contributed by atoms with Gasteiger partial charge in [0.2, 0.25) is 0 Å². The van der Waals surface area contributed by atoms with Crippen molar-refractivity contribution < 1.29 is 0 Å². The maximum absolute atomic E-state index is 5.76. The molecule has 0 bridgehead atoms. The predicted octanol–water partition coefficient (Wildman–Crippen LogP) is 2.24. The van der Waals surface area contributed by atoms with E-state index >= 15 is 0 Å². The van der Waals surface area contributed by atoms with Crippen molar-refractivity contribution in [3.63, 3.8) is 0 Å². The highest BCUT2D eigenvalue weighted by molar-refractivity contribution is 5.29. The summed E-state index contributed by atoms with van der Waals surface area (Å²) in [6, 6.07) is 1.81. The fourth-order valence-electron chi connectivity index (χ4n) is 2.70. The maximum Gasteiger partial charge on any atom is 0.144 e. The van der Waals surface area contributed by atoms with Crippen LogP contribution in [-0.2, 0) is 6.54 Å². The van der Waals surface area contributed by atoms with Gasteiger partial charge in [0.05, 0.1) is 6.54 Å². The highest BCUT2D eigenvalue weighted by Crippen LogP contribution is 2.24. The zero-order valence-corrected chi connectivity index (χ0v) is 11.7. The van der Waals surface area contributed by atoms with Crippen LogP contribution >= 0.6 is 0 Å². The zero-order chi connectivity index (χ0) is 13.1. The third-order valence-electron chi connectivity index (χ3n) is 3.86. The third-order valence-corrected chi connectivity index (χ3v) is 3.86. The van der Waals surface area contributed by atoms with Crippen molar-refractivity contribution in [2.45, 2.75) is 40.2 Å². The fraction of sp³-hybridized carbons (Fsp3) is 0.714. The molecular weight excluding hydrogens is 224 g/mol. The van der Waals surface area contributed by atoms with E-state index in [-0.39, 0.29) is 0 Å². The first-order valence-corrected chi connectivity index (χ1v) is 6.87. The number of nitrogens with zero attached hydrogens (tertiary/aromatic N) is 3. The molecule has 2 rings (SSSR count). The summed E-state index contributed by atoms with van der Waals surface area (Å²) in [5, 5.41) is 0. The van der Waals surface area contributed by atoms with Crippen LogP contribution in [0.15, 0.2) is 6.07 Å². The summed E-state index contributed by atoms with van der Waals surface area (Å²) in [6.45, 7) is 9.75. The Morgan fingerprint density at radius 3 is 2.56 bits per heavy atom. The Balaban J connectivity index is 1.91. The molecule has 1 aromatic rings. The van der Waals surface area contributed by atoms with E-state index in [0.29, 0.717) is 5.82 Å². The monoisotopic (exact) mass is 248 g/mol. The van der Waals surface area contributed by atoms with Gasteiger partial charge in [-0.1, -0.05) is 13.8 Å². The lowest BCUT2D eigenvalue weighted by atomic mass is 9.87. The lowest BCUT2D eigenvalue weighted by molar-refractivity contribution is 0.149. The summed E-state index contributed by atoms with van der Waals surface area (Å²) >= 11 is 0. The van der Waals surface area contributed by atoms with Crippen molar-refractivity contribution in [1.29, 1.82) is 0 Å². The van der Waals surface area contributed by atoms with E-state index in [1.165, 1.54) is 12.8 Å². The summed E-state index contributed by atoms with van der Waals surface area (Å²) in [5.74, 6) is 3.12. The standard InChI is InChI=1S/C14H24N4/c1-10(2)12-4-6-18(7-5-12)9-14-16-11(3)8-13(15)17-14/h8,10,12H,4-7,9H2,1-3H3,(H2,15,16,17). The van der Waals surface area contributed by atoms with Gasteiger partial charge in [-0.05, 0) is 44.7 Å². The molecule has 0 spiro atoms. The lowest BCUT2D eigenvalue weighted by Gasteiger charge is -2.33. The largest absolute Gasteiger partial charge is 0.384 e. The number of hydrogen-bond acceptors (Lipinski definition) is 4. The van der Waals surface area contributed by atoms with E-state index in [9.17, 15) is 0 Å². The second-order valence-corrected chi connectivity index (χ2v) is 5.71. The summed E-state index contributed by atoms with van der Waals surface area (Å²) in [6.07, 6.45) is 2.58. The molecule has 2 heterocycles. The van der Waals surface area contributed by atoms with Crippen molar-refractivity contribution in [3.8, 4) is 0 Å². The SMILES string of the molecule is Cc1cc(N)nc(CN2CCC(C(C)C)CC2)n1. The molecule has 0 amide bonds. The minimum absolute atomic E-state index is 0.578. The second-order valence-electron chi connectivity index (χ2n) is 5.71. The Morgan fingerprint density at radius 2 is 2.00 bits per heavy atom. The fourth-order valence-corrected chi connectivity index (χ4v) is 2.70. The molecule has 4 heteroatoms. The van der Waals surface area contributed by atoms with Gasteiger partial charge >= 0.3 is 0 Å². The number of aryl methyl sites for hydroxylation is 1. The Morgan fingerprint density at radius 1 is 1.33 bits per heavy atom. The first-order valence-electron chi connectivity index (χ1n) is 6.87. The Bertz CT molecular complexity index is 375. The van der Waals surface area contributed by atoms with E-state index in [2.05, 4.69) is 28.7 Å². The quantitative estimate of drug-likeness (QED) is 0.891. The van der Waals surface area contributed by atoms with E-state index in [1.807, 2.05) is 13.0 Å². The molecule has 100 valence electrons. The van der Waals surface area contributed by atoms with Crippen molar-refractivity contribution in [2.24, 2.45) is 11.8 Å². The number of rotatable bonds is 3. The third kappa shape index (κ3) is 3.42. The summed E-state index contributed by atoms with van der Waals surface area (Å²) in [7, 11) is 0. The second kappa shape index (κ2) is 5.65. The van der Waals surface area contributed by atoms with Crippen molar-refractivity contribution in [3.05, 3.63) is 17.6 Å². The molecule has 0 aliphatic carbocycles. The van der Waals surface area contributed by atoms with E-state index in [0.717, 1.165) is 43.0 Å². The van der Waals surface area contributed by atoms with Crippen LogP contribution in [0.5, 0.6) is 0 Å². The average molecular weight is 248 g/mol. The molecule has 1 fully saturated rings. The highest BCUT2D eigenvalue weighted by atomic mass is 15.2. The molecule has 0 radical (unpaired) electrons. The van der Waals surface area contributed by atoms with Gasteiger partial charge in [-0.2, -0.15) is 0 Å². The molecule has 1 aromatic heterocycles. The first-order chi connectivity index (χ1) is 8.54.